The molecular formula is C16H17NO3S2. The van der Waals surface area contributed by atoms with Crippen molar-refractivity contribution in [2.24, 2.45) is 0 Å². The number of carbonyl (C=O) groups excluding carboxylic acids is 1. The Balaban J connectivity index is 1.66. The Kier molecular flexibility index (Phi) is 4.59. The van der Waals surface area contributed by atoms with Crippen LogP contribution in [0.3, 0.4) is 0 Å². The Hall–Kier alpha value is -1.66. The summed E-state index contributed by atoms with van der Waals surface area (Å²) in [5.74, 6) is -0.731. The number of amides is 1. The largest absolute Gasteiger partial charge is 0.477 e. The lowest BCUT2D eigenvalue weighted by Crippen LogP contribution is -2.30. The van der Waals surface area contributed by atoms with Crippen LogP contribution in [0, 0.1) is 0 Å². The van der Waals surface area contributed by atoms with Crippen molar-refractivity contribution in [1.82, 2.24) is 4.90 Å². The van der Waals surface area contributed by atoms with E-state index in [2.05, 4.69) is 6.07 Å². The molecule has 3 heterocycles. The van der Waals surface area contributed by atoms with Crippen LogP contribution in [-0.2, 0) is 11.2 Å². The number of hydrogen-bond acceptors (Lipinski definition) is 4. The zero-order valence-electron chi connectivity index (χ0n) is 12.0. The van der Waals surface area contributed by atoms with Gasteiger partial charge in [0.05, 0.1) is 6.04 Å². The molecule has 1 N–H and O–H groups in total. The molecule has 0 bridgehead atoms. The molecule has 1 amide bonds. The fourth-order valence-electron chi connectivity index (χ4n) is 2.84. The van der Waals surface area contributed by atoms with E-state index in [1.165, 1.54) is 16.2 Å². The van der Waals surface area contributed by atoms with Crippen LogP contribution in [0.1, 0.15) is 44.7 Å². The van der Waals surface area contributed by atoms with Gasteiger partial charge >= 0.3 is 5.97 Å². The fourth-order valence-corrected chi connectivity index (χ4v) is 4.54. The Morgan fingerprint density at radius 2 is 2.18 bits per heavy atom. The van der Waals surface area contributed by atoms with Crippen molar-refractivity contribution in [3.05, 3.63) is 44.3 Å². The Morgan fingerprint density at radius 3 is 2.86 bits per heavy atom. The molecule has 4 nitrogen and oxygen atoms in total. The highest BCUT2D eigenvalue weighted by Gasteiger charge is 2.31. The van der Waals surface area contributed by atoms with Crippen molar-refractivity contribution in [1.29, 1.82) is 0 Å². The second kappa shape index (κ2) is 6.62. The third-order valence-corrected chi connectivity index (χ3v) is 6.02. The summed E-state index contributed by atoms with van der Waals surface area (Å²) in [4.78, 5) is 28.0. The number of nitrogens with zero attached hydrogens (tertiary/aromatic N) is 1. The second-order valence-electron chi connectivity index (χ2n) is 5.33. The van der Waals surface area contributed by atoms with Gasteiger partial charge in [0.2, 0.25) is 5.91 Å². The Bertz CT molecular complexity index is 663. The number of rotatable bonds is 5. The molecule has 0 spiro atoms. The van der Waals surface area contributed by atoms with Gasteiger partial charge < -0.3 is 10.0 Å². The van der Waals surface area contributed by atoms with Gasteiger partial charge in [-0.25, -0.2) is 4.79 Å². The molecule has 0 saturated carbocycles. The minimum atomic E-state index is -0.898. The molecule has 22 heavy (non-hydrogen) atoms. The van der Waals surface area contributed by atoms with Gasteiger partial charge in [-0.2, -0.15) is 0 Å². The molecule has 2 aromatic rings. The Labute approximate surface area is 137 Å². The average Bonchev–Trinajstić information content (AvgIpc) is 3.23. The van der Waals surface area contributed by atoms with Crippen LogP contribution in [0.5, 0.6) is 0 Å². The maximum absolute atomic E-state index is 12.5. The van der Waals surface area contributed by atoms with Gasteiger partial charge in [-0.05, 0) is 42.8 Å². The molecule has 1 aliphatic heterocycles. The van der Waals surface area contributed by atoms with E-state index in [-0.39, 0.29) is 11.9 Å². The minimum absolute atomic E-state index is 0.0499. The third-order valence-electron chi connectivity index (χ3n) is 3.90. The van der Waals surface area contributed by atoms with Gasteiger partial charge in [0.25, 0.3) is 0 Å². The molecule has 1 aliphatic rings. The zero-order valence-corrected chi connectivity index (χ0v) is 13.7. The van der Waals surface area contributed by atoms with Crippen molar-refractivity contribution in [3.63, 3.8) is 0 Å². The zero-order chi connectivity index (χ0) is 15.5. The molecule has 116 valence electrons. The van der Waals surface area contributed by atoms with Crippen LogP contribution >= 0.6 is 22.7 Å². The van der Waals surface area contributed by atoms with Gasteiger partial charge in [0.15, 0.2) is 0 Å². The van der Waals surface area contributed by atoms with E-state index in [1.54, 1.807) is 17.4 Å². The summed E-state index contributed by atoms with van der Waals surface area (Å²) in [6, 6.07) is 7.59. The van der Waals surface area contributed by atoms with Crippen LogP contribution in [0.25, 0.3) is 0 Å². The minimum Gasteiger partial charge on any atom is -0.477 e. The van der Waals surface area contributed by atoms with Crippen LogP contribution < -0.4 is 0 Å². The highest BCUT2D eigenvalue weighted by Crippen LogP contribution is 2.36. The Morgan fingerprint density at radius 1 is 1.32 bits per heavy atom. The highest BCUT2D eigenvalue weighted by molar-refractivity contribution is 7.14. The van der Waals surface area contributed by atoms with Crippen molar-refractivity contribution in [2.45, 2.75) is 31.7 Å². The molecule has 2 aromatic heterocycles. The molecule has 0 radical (unpaired) electrons. The van der Waals surface area contributed by atoms with E-state index in [1.807, 2.05) is 22.4 Å². The average molecular weight is 335 g/mol. The van der Waals surface area contributed by atoms with Crippen LogP contribution in [-0.4, -0.2) is 28.4 Å². The maximum atomic E-state index is 12.5. The number of thiophene rings is 2. The molecule has 1 atom stereocenters. The quantitative estimate of drug-likeness (QED) is 0.904. The third kappa shape index (κ3) is 3.23. The first-order chi connectivity index (χ1) is 10.6. The maximum Gasteiger partial charge on any atom is 0.345 e. The first-order valence-corrected chi connectivity index (χ1v) is 8.99. The summed E-state index contributed by atoms with van der Waals surface area (Å²) in [6.45, 7) is 0.772. The van der Waals surface area contributed by atoms with Crippen molar-refractivity contribution < 1.29 is 14.7 Å². The lowest BCUT2D eigenvalue weighted by Gasteiger charge is -2.23. The SMILES string of the molecule is O=C(O)c1ccc(C2CCCN2C(=O)CCc2cccs2)s1. The number of hydrogen-bond donors (Lipinski definition) is 1. The summed E-state index contributed by atoms with van der Waals surface area (Å²) in [5.41, 5.74) is 0. The van der Waals surface area contributed by atoms with Gasteiger partial charge in [0.1, 0.15) is 4.88 Å². The van der Waals surface area contributed by atoms with Crippen LogP contribution in [0.4, 0.5) is 0 Å². The molecule has 1 unspecified atom stereocenters. The number of carboxylic acid groups (broad SMARTS) is 1. The highest BCUT2D eigenvalue weighted by atomic mass is 32.1. The van der Waals surface area contributed by atoms with Crippen LogP contribution in [0.15, 0.2) is 29.6 Å². The molecule has 1 saturated heterocycles. The molecule has 0 aromatic carbocycles. The van der Waals surface area contributed by atoms with E-state index < -0.39 is 5.97 Å². The predicted octanol–water partition coefficient (Wildman–Crippen LogP) is 3.80. The number of aromatic carboxylic acids is 1. The predicted molar refractivity (Wildman–Crippen MR) is 87.6 cm³/mol. The molecular weight excluding hydrogens is 318 g/mol. The van der Waals surface area contributed by atoms with Gasteiger partial charge in [0, 0.05) is 22.7 Å². The standard InChI is InChI=1S/C16H17NO3S2/c18-15(8-5-11-3-2-10-21-11)17-9-1-4-12(17)13-6-7-14(22-13)16(19)20/h2-3,6-7,10,12H,1,4-5,8-9H2,(H,19,20). The summed E-state index contributed by atoms with van der Waals surface area (Å²) in [7, 11) is 0. The monoisotopic (exact) mass is 335 g/mol. The normalized spacial score (nSPS) is 17.8. The second-order valence-corrected chi connectivity index (χ2v) is 7.48. The first kappa shape index (κ1) is 15.2. The van der Waals surface area contributed by atoms with E-state index in [0.717, 1.165) is 30.7 Å². The summed E-state index contributed by atoms with van der Waals surface area (Å²) in [6.07, 6.45) is 3.21. The lowest BCUT2D eigenvalue weighted by atomic mass is 10.1. The molecule has 3 rings (SSSR count). The van der Waals surface area contributed by atoms with Gasteiger partial charge in [-0.3, -0.25) is 4.79 Å². The fraction of sp³-hybridized carbons (Fsp3) is 0.375. The molecule has 0 aliphatic carbocycles. The van der Waals surface area contributed by atoms with Crippen molar-refractivity contribution in [3.8, 4) is 0 Å². The molecule has 1 fully saturated rings. The molecule has 6 heteroatoms. The number of carboxylic acids is 1. The first-order valence-electron chi connectivity index (χ1n) is 7.30. The van der Waals surface area contributed by atoms with Gasteiger partial charge in [-0.15, -0.1) is 22.7 Å². The summed E-state index contributed by atoms with van der Waals surface area (Å²) >= 11 is 2.96. The van der Waals surface area contributed by atoms with Crippen molar-refractivity contribution in [2.75, 3.05) is 6.54 Å². The van der Waals surface area contributed by atoms with E-state index in [9.17, 15) is 9.59 Å². The summed E-state index contributed by atoms with van der Waals surface area (Å²) in [5, 5.41) is 11.1. The summed E-state index contributed by atoms with van der Waals surface area (Å²) < 4.78 is 0. The number of aryl methyl sites for hydroxylation is 1. The number of likely N-dealkylation sites (tertiary alicyclic amines) is 1. The van der Waals surface area contributed by atoms with Crippen LogP contribution in [0.2, 0.25) is 0 Å². The van der Waals surface area contributed by atoms with E-state index in [4.69, 9.17) is 5.11 Å². The van der Waals surface area contributed by atoms with Crippen molar-refractivity contribution >= 4 is 34.6 Å². The van der Waals surface area contributed by atoms with E-state index >= 15 is 0 Å². The smallest absolute Gasteiger partial charge is 0.345 e. The lowest BCUT2D eigenvalue weighted by molar-refractivity contribution is -0.132. The number of carbonyl (C=O) groups is 2. The van der Waals surface area contributed by atoms with E-state index in [0.29, 0.717) is 11.3 Å². The topological polar surface area (TPSA) is 57.6 Å². The van der Waals surface area contributed by atoms with Gasteiger partial charge in [-0.1, -0.05) is 6.07 Å².